The van der Waals surface area contributed by atoms with E-state index in [2.05, 4.69) is 32.1 Å². The van der Waals surface area contributed by atoms with Gasteiger partial charge >= 0.3 is 6.18 Å². The zero-order valence-corrected chi connectivity index (χ0v) is 23.8. The lowest BCUT2D eigenvalue weighted by molar-refractivity contribution is -0.138. The minimum Gasteiger partial charge on any atom is -0.367 e. The van der Waals surface area contributed by atoms with E-state index in [1.165, 1.54) is 0 Å². The van der Waals surface area contributed by atoms with Crippen LogP contribution in [-0.4, -0.2) is 78.7 Å². The van der Waals surface area contributed by atoms with Crippen molar-refractivity contribution in [2.45, 2.75) is 37.5 Å². The molecule has 6 rings (SSSR count). The Morgan fingerprint density at radius 2 is 1.58 bits per heavy atom. The summed E-state index contributed by atoms with van der Waals surface area (Å²) in [6, 6.07) is 11.2. The Kier molecular flexibility index (Phi) is 8.38. The van der Waals surface area contributed by atoms with Crippen molar-refractivity contribution >= 4 is 23.1 Å². The summed E-state index contributed by atoms with van der Waals surface area (Å²) in [5, 5.41) is 3.83. The molecule has 8 nitrogen and oxygen atoms in total. The lowest BCUT2D eigenvalue weighted by atomic mass is 10.0. The Hall–Kier alpha value is -3.55. The maximum Gasteiger partial charge on any atom is 0.421 e. The maximum atomic E-state index is 15.3. The summed E-state index contributed by atoms with van der Waals surface area (Å²) in [5.41, 5.74) is -0.423. The molecule has 3 aromatic rings. The topological polar surface area (TPSA) is 60.0 Å². The summed E-state index contributed by atoms with van der Waals surface area (Å²) in [5.74, 6) is -2.25. The first-order valence-electron chi connectivity index (χ1n) is 14.5. The van der Waals surface area contributed by atoms with Crippen molar-refractivity contribution in [3.63, 3.8) is 0 Å². The number of halogens is 5. The Morgan fingerprint density at radius 1 is 0.907 bits per heavy atom. The molecule has 13 heteroatoms. The van der Waals surface area contributed by atoms with Crippen LogP contribution in [0.15, 0.2) is 48.7 Å². The van der Waals surface area contributed by atoms with Crippen molar-refractivity contribution in [3.05, 3.63) is 71.4 Å². The predicted molar refractivity (Wildman–Crippen MR) is 153 cm³/mol. The number of piperidine rings is 1. The molecule has 0 bridgehead atoms. The maximum absolute atomic E-state index is 15.3. The Balaban J connectivity index is 1.20. The van der Waals surface area contributed by atoms with E-state index < -0.39 is 35.2 Å². The second-order valence-corrected chi connectivity index (χ2v) is 11.3. The molecule has 0 spiro atoms. The number of hydrogen-bond acceptors (Lipinski definition) is 8. The van der Waals surface area contributed by atoms with Gasteiger partial charge in [0.05, 0.1) is 12.6 Å². The highest BCUT2D eigenvalue weighted by Crippen LogP contribution is 2.42. The second-order valence-electron chi connectivity index (χ2n) is 11.3. The van der Waals surface area contributed by atoms with Gasteiger partial charge in [-0.3, -0.25) is 9.74 Å². The van der Waals surface area contributed by atoms with Crippen LogP contribution in [-0.2, 0) is 11.0 Å². The van der Waals surface area contributed by atoms with E-state index in [9.17, 15) is 13.2 Å². The number of rotatable bonds is 6. The molecular formula is C30H34F5N7O. The zero-order chi connectivity index (χ0) is 30.1. The predicted octanol–water partition coefficient (Wildman–Crippen LogP) is 5.62. The van der Waals surface area contributed by atoms with Crippen molar-refractivity contribution < 1.29 is 26.8 Å². The molecule has 1 aromatic heterocycles. The number of benzene rings is 2. The standard InChI is InChI=1S/C30H34F5N7O/c1-39-12-14-40(15-13-39)22-7-10-41(11-8-22)27-24(31)17-21(18-25(27)32)37-29-36-19-23(30(33,34)35)28(38-29)42-26(9-16-43-42)20-5-3-2-4-6-20/h2-6,17-19,22,26H,7-16H2,1H3,(H,36,37,38)/t26-/m0/s1. The van der Waals surface area contributed by atoms with Gasteiger partial charge in [0.1, 0.15) is 11.3 Å². The molecule has 0 radical (unpaired) electrons. The summed E-state index contributed by atoms with van der Waals surface area (Å²) < 4.78 is 72.6. The van der Waals surface area contributed by atoms with Crippen molar-refractivity contribution in [2.75, 3.05) is 68.2 Å². The average Bonchev–Trinajstić information content (AvgIpc) is 3.48. The molecule has 3 aliphatic heterocycles. The fraction of sp³-hybridized carbons (Fsp3) is 0.467. The van der Waals surface area contributed by atoms with Crippen molar-refractivity contribution in [2.24, 2.45) is 0 Å². The summed E-state index contributed by atoms with van der Waals surface area (Å²) in [7, 11) is 2.11. The molecule has 0 unspecified atom stereocenters. The minimum atomic E-state index is -4.75. The third-order valence-corrected chi connectivity index (χ3v) is 8.48. The summed E-state index contributed by atoms with van der Waals surface area (Å²) >= 11 is 0. The van der Waals surface area contributed by atoms with Crippen LogP contribution < -0.4 is 15.3 Å². The van der Waals surface area contributed by atoms with Gasteiger partial charge in [0, 0.05) is 63.6 Å². The quantitative estimate of drug-likeness (QED) is 0.365. The monoisotopic (exact) mass is 603 g/mol. The largest absolute Gasteiger partial charge is 0.421 e. The molecule has 4 heterocycles. The Bertz CT molecular complexity index is 1390. The molecule has 230 valence electrons. The van der Waals surface area contributed by atoms with Crippen LogP contribution in [0.25, 0.3) is 0 Å². The van der Waals surface area contributed by atoms with Crippen LogP contribution in [0.4, 0.5) is 45.1 Å². The molecule has 2 aromatic carbocycles. The SMILES string of the molecule is CN1CCN(C2CCN(c3c(F)cc(Nc4ncc(C(F)(F)F)c(N5OCC[C@H]5c5ccccc5)n4)cc3F)CC2)CC1. The normalized spacial score (nSPS) is 21.0. The van der Waals surface area contributed by atoms with Crippen LogP contribution in [0.1, 0.15) is 36.4 Å². The van der Waals surface area contributed by atoms with Gasteiger partial charge in [-0.2, -0.15) is 18.2 Å². The van der Waals surface area contributed by atoms with Crippen LogP contribution >= 0.6 is 0 Å². The van der Waals surface area contributed by atoms with Gasteiger partial charge in [0.25, 0.3) is 0 Å². The van der Waals surface area contributed by atoms with E-state index in [-0.39, 0.29) is 23.9 Å². The Morgan fingerprint density at radius 3 is 2.23 bits per heavy atom. The second kappa shape index (κ2) is 12.2. The number of anilines is 4. The van der Waals surface area contributed by atoms with Gasteiger partial charge in [-0.1, -0.05) is 30.3 Å². The third kappa shape index (κ3) is 6.38. The molecule has 1 atom stereocenters. The van der Waals surface area contributed by atoms with Crippen LogP contribution in [0, 0.1) is 11.6 Å². The number of nitrogens with zero attached hydrogens (tertiary/aromatic N) is 6. The summed E-state index contributed by atoms with van der Waals surface area (Å²) in [6.07, 6.45) is -2.02. The fourth-order valence-electron chi connectivity index (χ4n) is 6.17. The van der Waals surface area contributed by atoms with E-state index in [0.29, 0.717) is 31.7 Å². The highest BCUT2D eigenvalue weighted by Gasteiger charge is 2.40. The molecule has 1 N–H and O–H groups in total. The lowest BCUT2D eigenvalue weighted by Crippen LogP contribution is -2.52. The highest BCUT2D eigenvalue weighted by molar-refractivity contribution is 5.63. The van der Waals surface area contributed by atoms with Crippen molar-refractivity contribution in [3.8, 4) is 0 Å². The van der Waals surface area contributed by atoms with Gasteiger partial charge in [-0.15, -0.1) is 0 Å². The highest BCUT2D eigenvalue weighted by atomic mass is 19.4. The van der Waals surface area contributed by atoms with E-state index in [1.54, 1.807) is 17.0 Å². The van der Waals surface area contributed by atoms with E-state index >= 15 is 8.78 Å². The van der Waals surface area contributed by atoms with Gasteiger partial charge in [0.15, 0.2) is 17.5 Å². The number of likely N-dealkylation sites (N-methyl/N-ethyl adjacent to an activating group) is 1. The molecular weight excluding hydrogens is 569 g/mol. The molecule has 3 fully saturated rings. The van der Waals surface area contributed by atoms with E-state index in [0.717, 1.165) is 61.8 Å². The molecule has 0 aliphatic carbocycles. The first-order valence-corrected chi connectivity index (χ1v) is 14.5. The fourth-order valence-corrected chi connectivity index (χ4v) is 6.17. The smallest absolute Gasteiger partial charge is 0.367 e. The zero-order valence-electron chi connectivity index (χ0n) is 23.8. The summed E-state index contributed by atoms with van der Waals surface area (Å²) in [6.45, 7) is 5.28. The summed E-state index contributed by atoms with van der Waals surface area (Å²) in [4.78, 5) is 20.0. The number of hydroxylamine groups is 1. The van der Waals surface area contributed by atoms with Gasteiger partial charge in [-0.05, 0) is 37.6 Å². The van der Waals surface area contributed by atoms with E-state index in [1.807, 2.05) is 18.2 Å². The third-order valence-electron chi connectivity index (χ3n) is 8.48. The van der Waals surface area contributed by atoms with Gasteiger partial charge in [0.2, 0.25) is 5.95 Å². The molecule has 0 amide bonds. The minimum absolute atomic E-state index is 0.0151. The van der Waals surface area contributed by atoms with Gasteiger partial charge < -0.3 is 15.1 Å². The van der Waals surface area contributed by atoms with Crippen LogP contribution in [0.3, 0.4) is 0 Å². The Labute approximate surface area is 247 Å². The molecule has 3 aliphatic rings. The van der Waals surface area contributed by atoms with E-state index in [4.69, 9.17) is 4.84 Å². The first-order chi connectivity index (χ1) is 20.7. The number of hydrogen-bond donors (Lipinski definition) is 1. The molecule has 43 heavy (non-hydrogen) atoms. The number of piperazine rings is 1. The van der Waals surface area contributed by atoms with Crippen molar-refractivity contribution in [1.82, 2.24) is 19.8 Å². The lowest BCUT2D eigenvalue weighted by Gasteiger charge is -2.42. The van der Waals surface area contributed by atoms with Gasteiger partial charge in [-0.25, -0.2) is 18.8 Å². The number of alkyl halides is 3. The first kappa shape index (κ1) is 29.5. The number of aromatic nitrogens is 2. The number of nitrogens with one attached hydrogen (secondary N) is 1. The molecule has 0 saturated carbocycles. The van der Waals surface area contributed by atoms with Crippen molar-refractivity contribution in [1.29, 1.82) is 0 Å². The molecule has 3 saturated heterocycles. The average molecular weight is 604 g/mol. The van der Waals surface area contributed by atoms with Crippen LogP contribution in [0.2, 0.25) is 0 Å². The van der Waals surface area contributed by atoms with Crippen LogP contribution in [0.5, 0.6) is 0 Å².